The van der Waals surface area contributed by atoms with Gasteiger partial charge in [-0.15, -0.1) is 0 Å². The van der Waals surface area contributed by atoms with E-state index >= 15 is 0 Å². The largest absolute Gasteiger partial charge is 0.373 e. The van der Waals surface area contributed by atoms with Crippen LogP contribution in [0.2, 0.25) is 0 Å². The number of hydrogen-bond acceptors (Lipinski definition) is 5. The molecule has 0 aliphatic carbocycles. The third kappa shape index (κ3) is 5.24. The molecule has 0 aromatic heterocycles. The van der Waals surface area contributed by atoms with Crippen molar-refractivity contribution in [3.05, 3.63) is 65.2 Å². The standard InChI is InChI=1S/C26H32N2O5S/c1-18-7-9-21(10-8-18)25(29)22-11-13-27(14-12-22)26(30)23-5-4-6-24(15-23)34(31,32)28-16-19(2)33-20(3)17-28/h4-10,15,19-20,22H,11-14,16-17H2,1-3H3. The Morgan fingerprint density at radius 3 is 2.15 bits per heavy atom. The number of Topliss-reactive ketones (excluding diaryl/α,β-unsaturated/α-hetero) is 1. The molecule has 182 valence electrons. The number of rotatable bonds is 5. The van der Waals surface area contributed by atoms with Gasteiger partial charge in [0.15, 0.2) is 5.78 Å². The number of hydrogen-bond donors (Lipinski definition) is 0. The molecule has 0 spiro atoms. The summed E-state index contributed by atoms with van der Waals surface area (Å²) in [4.78, 5) is 27.8. The van der Waals surface area contributed by atoms with E-state index in [1.54, 1.807) is 17.0 Å². The molecular formula is C26H32N2O5S. The van der Waals surface area contributed by atoms with Crippen LogP contribution in [0, 0.1) is 12.8 Å². The second-order valence-electron chi connectivity index (χ2n) is 9.40. The summed E-state index contributed by atoms with van der Waals surface area (Å²) in [5.41, 5.74) is 2.16. The van der Waals surface area contributed by atoms with Gasteiger partial charge < -0.3 is 9.64 Å². The number of sulfonamides is 1. The number of carbonyl (C=O) groups is 2. The molecule has 2 aromatic carbocycles. The van der Waals surface area contributed by atoms with Crippen LogP contribution in [0.25, 0.3) is 0 Å². The molecule has 2 saturated heterocycles. The first-order valence-electron chi connectivity index (χ1n) is 11.8. The van der Waals surface area contributed by atoms with E-state index in [2.05, 4.69) is 0 Å². The van der Waals surface area contributed by atoms with Gasteiger partial charge in [-0.05, 0) is 51.8 Å². The topological polar surface area (TPSA) is 84.0 Å². The van der Waals surface area contributed by atoms with E-state index in [9.17, 15) is 18.0 Å². The second kappa shape index (κ2) is 9.98. The van der Waals surface area contributed by atoms with E-state index in [1.807, 2.05) is 45.0 Å². The van der Waals surface area contributed by atoms with Crippen molar-refractivity contribution in [3.63, 3.8) is 0 Å². The van der Waals surface area contributed by atoms with E-state index in [1.165, 1.54) is 16.4 Å². The molecule has 2 aliphatic heterocycles. The van der Waals surface area contributed by atoms with E-state index < -0.39 is 10.0 Å². The fourth-order valence-corrected chi connectivity index (χ4v) is 6.38. The molecule has 2 aromatic rings. The number of aryl methyl sites for hydroxylation is 1. The molecule has 2 fully saturated rings. The monoisotopic (exact) mass is 484 g/mol. The third-order valence-corrected chi connectivity index (χ3v) is 8.42. The highest BCUT2D eigenvalue weighted by Gasteiger charge is 2.33. The van der Waals surface area contributed by atoms with E-state index in [4.69, 9.17) is 4.74 Å². The SMILES string of the molecule is Cc1ccc(C(=O)C2CCN(C(=O)c3cccc(S(=O)(=O)N4CC(C)OC(C)C4)c3)CC2)cc1. The lowest BCUT2D eigenvalue weighted by molar-refractivity contribution is -0.0440. The Morgan fingerprint density at radius 2 is 1.53 bits per heavy atom. The summed E-state index contributed by atoms with van der Waals surface area (Å²) in [7, 11) is -3.73. The molecule has 1 amide bonds. The molecular weight excluding hydrogens is 452 g/mol. The number of piperidine rings is 1. The van der Waals surface area contributed by atoms with Crippen molar-refractivity contribution < 1.29 is 22.7 Å². The first-order valence-corrected chi connectivity index (χ1v) is 13.2. The molecule has 34 heavy (non-hydrogen) atoms. The summed E-state index contributed by atoms with van der Waals surface area (Å²) in [5.74, 6) is -0.195. The van der Waals surface area contributed by atoms with Gasteiger partial charge >= 0.3 is 0 Å². The number of amides is 1. The smallest absolute Gasteiger partial charge is 0.253 e. The lowest BCUT2D eigenvalue weighted by Gasteiger charge is -2.34. The van der Waals surface area contributed by atoms with Crippen molar-refractivity contribution in [1.82, 2.24) is 9.21 Å². The molecule has 2 atom stereocenters. The fraction of sp³-hybridized carbons (Fsp3) is 0.462. The van der Waals surface area contributed by atoms with Crippen molar-refractivity contribution in [1.29, 1.82) is 0 Å². The molecule has 0 radical (unpaired) electrons. The summed E-state index contributed by atoms with van der Waals surface area (Å²) >= 11 is 0. The molecule has 0 bridgehead atoms. The van der Waals surface area contributed by atoms with Crippen LogP contribution in [0.1, 0.15) is 53.0 Å². The number of likely N-dealkylation sites (tertiary alicyclic amines) is 1. The highest BCUT2D eigenvalue weighted by atomic mass is 32.2. The molecule has 2 unspecified atom stereocenters. The zero-order chi connectivity index (χ0) is 24.5. The molecule has 2 heterocycles. The molecule has 0 saturated carbocycles. The molecule has 4 rings (SSSR count). The number of ether oxygens (including phenoxy) is 1. The Kier molecular flexibility index (Phi) is 7.21. The lowest BCUT2D eigenvalue weighted by Crippen LogP contribution is -2.48. The van der Waals surface area contributed by atoms with Gasteiger partial charge in [0, 0.05) is 43.2 Å². The predicted molar refractivity (Wildman–Crippen MR) is 129 cm³/mol. The summed E-state index contributed by atoms with van der Waals surface area (Å²) in [5, 5.41) is 0. The van der Waals surface area contributed by atoms with Crippen LogP contribution < -0.4 is 0 Å². The number of benzene rings is 2. The fourth-order valence-electron chi connectivity index (χ4n) is 4.75. The van der Waals surface area contributed by atoms with Gasteiger partial charge in [-0.25, -0.2) is 8.42 Å². The Balaban J connectivity index is 1.43. The van der Waals surface area contributed by atoms with Gasteiger partial charge in [-0.3, -0.25) is 9.59 Å². The normalized spacial score (nSPS) is 22.5. The van der Waals surface area contributed by atoms with Gasteiger partial charge in [0.1, 0.15) is 0 Å². The Labute approximate surface area is 201 Å². The minimum atomic E-state index is -3.73. The minimum Gasteiger partial charge on any atom is -0.373 e. The molecule has 0 N–H and O–H groups in total. The Hall–Kier alpha value is -2.55. The van der Waals surface area contributed by atoms with E-state index in [0.717, 1.165) is 5.56 Å². The number of morpholine rings is 1. The van der Waals surface area contributed by atoms with Crippen molar-refractivity contribution >= 4 is 21.7 Å². The summed E-state index contributed by atoms with van der Waals surface area (Å²) in [6.07, 6.45) is 0.819. The highest BCUT2D eigenvalue weighted by molar-refractivity contribution is 7.89. The maximum absolute atomic E-state index is 13.2. The first-order chi connectivity index (χ1) is 16.1. The van der Waals surface area contributed by atoms with Gasteiger partial charge in [-0.2, -0.15) is 4.31 Å². The zero-order valence-electron chi connectivity index (χ0n) is 19.9. The second-order valence-corrected chi connectivity index (χ2v) is 11.3. The van der Waals surface area contributed by atoms with Crippen molar-refractivity contribution in [2.45, 2.75) is 50.7 Å². The van der Waals surface area contributed by atoms with Crippen LogP contribution in [0.4, 0.5) is 0 Å². The van der Waals surface area contributed by atoms with Crippen LogP contribution in [-0.4, -0.2) is 67.7 Å². The van der Waals surface area contributed by atoms with Crippen LogP contribution >= 0.6 is 0 Å². The maximum Gasteiger partial charge on any atom is 0.253 e. The first kappa shape index (κ1) is 24.6. The number of ketones is 1. The Bertz CT molecular complexity index is 1140. The maximum atomic E-state index is 13.2. The summed E-state index contributed by atoms with van der Waals surface area (Å²) in [6, 6.07) is 13.8. The van der Waals surface area contributed by atoms with Crippen molar-refractivity contribution in [2.75, 3.05) is 26.2 Å². The van der Waals surface area contributed by atoms with Crippen molar-refractivity contribution in [3.8, 4) is 0 Å². The highest BCUT2D eigenvalue weighted by Crippen LogP contribution is 2.25. The zero-order valence-corrected chi connectivity index (χ0v) is 20.8. The predicted octanol–water partition coefficient (Wildman–Crippen LogP) is 3.53. The van der Waals surface area contributed by atoms with Crippen LogP contribution in [0.15, 0.2) is 53.4 Å². The van der Waals surface area contributed by atoms with Gasteiger partial charge in [0.25, 0.3) is 5.91 Å². The minimum absolute atomic E-state index is 0.108. The number of carbonyl (C=O) groups excluding carboxylic acids is 2. The van der Waals surface area contributed by atoms with Gasteiger partial charge in [0.05, 0.1) is 17.1 Å². The van der Waals surface area contributed by atoms with Gasteiger partial charge in [-0.1, -0.05) is 35.9 Å². The molecule has 8 heteroatoms. The van der Waals surface area contributed by atoms with E-state index in [-0.39, 0.29) is 47.8 Å². The quantitative estimate of drug-likeness (QED) is 0.607. The van der Waals surface area contributed by atoms with Crippen molar-refractivity contribution in [2.24, 2.45) is 5.92 Å². The van der Waals surface area contributed by atoms with Crippen LogP contribution in [0.5, 0.6) is 0 Å². The number of nitrogens with zero attached hydrogens (tertiary/aromatic N) is 2. The molecule has 7 nitrogen and oxygen atoms in total. The van der Waals surface area contributed by atoms with Crippen LogP contribution in [-0.2, 0) is 14.8 Å². The van der Waals surface area contributed by atoms with E-state index in [0.29, 0.717) is 37.1 Å². The lowest BCUT2D eigenvalue weighted by atomic mass is 9.88. The summed E-state index contributed by atoms with van der Waals surface area (Å²) in [6.45, 7) is 7.20. The van der Waals surface area contributed by atoms with Crippen LogP contribution in [0.3, 0.4) is 0 Å². The van der Waals surface area contributed by atoms with Gasteiger partial charge in [0.2, 0.25) is 10.0 Å². The average Bonchev–Trinajstić information content (AvgIpc) is 2.83. The third-order valence-electron chi connectivity index (χ3n) is 6.59. The molecule has 2 aliphatic rings. The summed E-state index contributed by atoms with van der Waals surface area (Å²) < 4.78 is 33.5. The average molecular weight is 485 g/mol. The Morgan fingerprint density at radius 1 is 0.912 bits per heavy atom.